The van der Waals surface area contributed by atoms with E-state index < -0.39 is 0 Å². The number of rotatable bonds is 7. The zero-order valence-corrected chi connectivity index (χ0v) is 15.1. The van der Waals surface area contributed by atoms with Gasteiger partial charge in [-0.25, -0.2) is 4.79 Å². The van der Waals surface area contributed by atoms with Crippen LogP contribution in [0.15, 0.2) is 36.4 Å². The van der Waals surface area contributed by atoms with Crippen molar-refractivity contribution in [3.05, 3.63) is 47.0 Å². The third-order valence-corrected chi connectivity index (χ3v) is 3.74. The van der Waals surface area contributed by atoms with Gasteiger partial charge in [-0.1, -0.05) is 17.7 Å². The van der Waals surface area contributed by atoms with Gasteiger partial charge in [-0.2, -0.15) is 0 Å². The predicted octanol–water partition coefficient (Wildman–Crippen LogP) is 3.73. The number of methoxy groups -OCH3 is 3. The quantitative estimate of drug-likeness (QED) is 0.785. The third-order valence-electron chi connectivity index (χ3n) is 3.51. The van der Waals surface area contributed by atoms with E-state index in [1.807, 2.05) is 12.1 Å². The van der Waals surface area contributed by atoms with E-state index in [0.717, 1.165) is 5.56 Å². The first-order valence-electron chi connectivity index (χ1n) is 7.66. The van der Waals surface area contributed by atoms with E-state index in [0.29, 0.717) is 40.9 Å². The van der Waals surface area contributed by atoms with Crippen LogP contribution in [0.5, 0.6) is 17.2 Å². The number of carbonyl (C=O) groups excluding carboxylic acids is 1. The van der Waals surface area contributed by atoms with Gasteiger partial charge < -0.3 is 24.8 Å². The minimum Gasteiger partial charge on any atom is -0.493 e. The summed E-state index contributed by atoms with van der Waals surface area (Å²) >= 11 is 5.89. The average molecular weight is 365 g/mol. The number of halogens is 1. The van der Waals surface area contributed by atoms with Gasteiger partial charge >= 0.3 is 6.03 Å². The fourth-order valence-corrected chi connectivity index (χ4v) is 2.53. The second kappa shape index (κ2) is 9.03. The topological polar surface area (TPSA) is 68.8 Å². The molecule has 25 heavy (non-hydrogen) atoms. The van der Waals surface area contributed by atoms with Crippen molar-refractivity contribution in [2.75, 3.05) is 33.2 Å². The van der Waals surface area contributed by atoms with E-state index in [1.165, 1.54) is 0 Å². The highest BCUT2D eigenvalue weighted by molar-refractivity contribution is 6.30. The number of anilines is 1. The molecule has 2 aromatic rings. The molecule has 0 atom stereocenters. The summed E-state index contributed by atoms with van der Waals surface area (Å²) in [6.45, 7) is 0.449. The van der Waals surface area contributed by atoms with Gasteiger partial charge in [0.15, 0.2) is 11.5 Å². The third kappa shape index (κ3) is 5.19. The predicted molar refractivity (Wildman–Crippen MR) is 98.3 cm³/mol. The molecule has 0 unspecified atom stereocenters. The molecule has 0 aromatic heterocycles. The number of ether oxygens (including phenoxy) is 3. The van der Waals surface area contributed by atoms with Crippen LogP contribution < -0.4 is 24.8 Å². The van der Waals surface area contributed by atoms with Gasteiger partial charge in [-0.15, -0.1) is 0 Å². The zero-order chi connectivity index (χ0) is 18.2. The van der Waals surface area contributed by atoms with Crippen LogP contribution in [-0.4, -0.2) is 33.9 Å². The zero-order valence-electron chi connectivity index (χ0n) is 14.4. The standard InChI is InChI=1S/C18H21ClN2O4/c1-23-15-9-12(10-16(24-2)17(15)25-3)7-8-20-18(22)21-14-6-4-5-13(19)11-14/h4-6,9-11H,7-8H2,1-3H3,(H2,20,21,22). The van der Waals surface area contributed by atoms with Gasteiger partial charge in [0.2, 0.25) is 5.75 Å². The molecule has 2 rings (SSSR count). The molecule has 0 aliphatic heterocycles. The molecule has 0 aliphatic carbocycles. The largest absolute Gasteiger partial charge is 0.493 e. The van der Waals surface area contributed by atoms with E-state index in [9.17, 15) is 4.79 Å². The Kier molecular flexibility index (Phi) is 6.77. The maximum atomic E-state index is 11.9. The van der Waals surface area contributed by atoms with E-state index in [4.69, 9.17) is 25.8 Å². The lowest BCUT2D eigenvalue weighted by Crippen LogP contribution is -2.30. The highest BCUT2D eigenvalue weighted by atomic mass is 35.5. The molecule has 0 heterocycles. The number of nitrogens with one attached hydrogen (secondary N) is 2. The minimum absolute atomic E-state index is 0.297. The van der Waals surface area contributed by atoms with Crippen molar-refractivity contribution in [2.45, 2.75) is 6.42 Å². The fourth-order valence-electron chi connectivity index (χ4n) is 2.34. The maximum Gasteiger partial charge on any atom is 0.319 e. The molecule has 0 fully saturated rings. The molecule has 0 saturated carbocycles. The van der Waals surface area contributed by atoms with Crippen LogP contribution in [0.1, 0.15) is 5.56 Å². The van der Waals surface area contributed by atoms with Crippen molar-refractivity contribution in [1.82, 2.24) is 5.32 Å². The van der Waals surface area contributed by atoms with E-state index in [-0.39, 0.29) is 6.03 Å². The Hall–Kier alpha value is -2.60. The lowest BCUT2D eigenvalue weighted by Gasteiger charge is -2.14. The summed E-state index contributed by atoms with van der Waals surface area (Å²) in [5, 5.41) is 6.09. The molecule has 2 N–H and O–H groups in total. The molecule has 7 heteroatoms. The lowest BCUT2D eigenvalue weighted by atomic mass is 10.1. The maximum absolute atomic E-state index is 11.9. The van der Waals surface area contributed by atoms with Gasteiger partial charge in [0, 0.05) is 17.3 Å². The highest BCUT2D eigenvalue weighted by Crippen LogP contribution is 2.38. The molecule has 0 aliphatic rings. The number of hydrogen-bond acceptors (Lipinski definition) is 4. The Morgan fingerprint density at radius 3 is 2.28 bits per heavy atom. The van der Waals surface area contributed by atoms with Crippen molar-refractivity contribution in [3.63, 3.8) is 0 Å². The molecule has 2 amide bonds. The van der Waals surface area contributed by atoms with Crippen LogP contribution in [0, 0.1) is 0 Å². The molecule has 2 aromatic carbocycles. The lowest BCUT2D eigenvalue weighted by molar-refractivity contribution is 0.252. The van der Waals surface area contributed by atoms with Crippen molar-refractivity contribution in [1.29, 1.82) is 0 Å². The summed E-state index contributed by atoms with van der Waals surface area (Å²) in [6, 6.07) is 10.4. The van der Waals surface area contributed by atoms with Crippen LogP contribution in [-0.2, 0) is 6.42 Å². The van der Waals surface area contributed by atoms with Crippen molar-refractivity contribution < 1.29 is 19.0 Å². The van der Waals surface area contributed by atoms with Crippen molar-refractivity contribution in [3.8, 4) is 17.2 Å². The van der Waals surface area contributed by atoms with E-state index >= 15 is 0 Å². The van der Waals surface area contributed by atoms with Gasteiger partial charge in [0.1, 0.15) is 0 Å². The molecular formula is C18H21ClN2O4. The SMILES string of the molecule is COc1cc(CCNC(=O)Nc2cccc(Cl)c2)cc(OC)c1OC. The van der Waals surface area contributed by atoms with Crippen LogP contribution in [0.25, 0.3) is 0 Å². The Morgan fingerprint density at radius 2 is 1.72 bits per heavy atom. The van der Waals surface area contributed by atoms with Gasteiger partial charge in [-0.05, 0) is 42.3 Å². The Balaban J connectivity index is 1.93. The second-order valence-electron chi connectivity index (χ2n) is 5.17. The van der Waals surface area contributed by atoms with Gasteiger partial charge in [-0.3, -0.25) is 0 Å². The van der Waals surface area contributed by atoms with Crippen LogP contribution in [0.4, 0.5) is 10.5 Å². The van der Waals surface area contributed by atoms with Crippen LogP contribution in [0.3, 0.4) is 0 Å². The average Bonchev–Trinajstić information content (AvgIpc) is 2.60. The molecule has 0 spiro atoms. The molecule has 0 bridgehead atoms. The summed E-state index contributed by atoms with van der Waals surface area (Å²) in [6.07, 6.45) is 0.611. The first-order valence-corrected chi connectivity index (χ1v) is 8.04. The van der Waals surface area contributed by atoms with E-state index in [1.54, 1.807) is 45.6 Å². The Labute approximate surface area is 152 Å². The normalized spacial score (nSPS) is 10.1. The Bertz CT molecular complexity index is 712. The summed E-state index contributed by atoms with van der Waals surface area (Å²) in [4.78, 5) is 11.9. The number of urea groups is 1. The van der Waals surface area contributed by atoms with E-state index in [2.05, 4.69) is 10.6 Å². The summed E-state index contributed by atoms with van der Waals surface area (Å²) < 4.78 is 15.9. The highest BCUT2D eigenvalue weighted by Gasteiger charge is 2.13. The summed E-state index contributed by atoms with van der Waals surface area (Å²) in [5.74, 6) is 1.71. The first-order chi connectivity index (χ1) is 12.1. The second-order valence-corrected chi connectivity index (χ2v) is 5.61. The van der Waals surface area contributed by atoms with Crippen LogP contribution >= 0.6 is 11.6 Å². The summed E-state index contributed by atoms with van der Waals surface area (Å²) in [7, 11) is 4.69. The first kappa shape index (κ1) is 18.7. The summed E-state index contributed by atoms with van der Waals surface area (Å²) in [5.41, 5.74) is 1.59. The Morgan fingerprint density at radius 1 is 1.04 bits per heavy atom. The van der Waals surface area contributed by atoms with Crippen molar-refractivity contribution in [2.24, 2.45) is 0 Å². The number of hydrogen-bond donors (Lipinski definition) is 2. The van der Waals surface area contributed by atoms with Crippen molar-refractivity contribution >= 4 is 23.3 Å². The van der Waals surface area contributed by atoms with Gasteiger partial charge in [0.05, 0.1) is 21.3 Å². The number of benzene rings is 2. The molecule has 134 valence electrons. The molecule has 0 radical (unpaired) electrons. The number of amides is 2. The van der Waals surface area contributed by atoms with Crippen LogP contribution in [0.2, 0.25) is 5.02 Å². The van der Waals surface area contributed by atoms with Gasteiger partial charge in [0.25, 0.3) is 0 Å². The molecular weight excluding hydrogens is 344 g/mol. The number of carbonyl (C=O) groups is 1. The smallest absolute Gasteiger partial charge is 0.319 e. The fraction of sp³-hybridized carbons (Fsp3) is 0.278. The molecule has 6 nitrogen and oxygen atoms in total. The monoisotopic (exact) mass is 364 g/mol. The molecule has 0 saturated heterocycles. The minimum atomic E-state index is -0.297.